The van der Waals surface area contributed by atoms with Gasteiger partial charge in [-0.2, -0.15) is 0 Å². The van der Waals surface area contributed by atoms with Crippen molar-refractivity contribution < 1.29 is 9.59 Å². The number of hydrogen-bond donors (Lipinski definition) is 3. The zero-order valence-electron chi connectivity index (χ0n) is 17.7. The Morgan fingerprint density at radius 1 is 1.10 bits per heavy atom. The molecule has 1 heterocycles. The standard InChI is InChI=1S/C23H29BrN4O2/c1-15-9-16(2)22(17(3)10-15)27-21(29)13-26-23(30)25-12-18-7-8-28(14-18)20-6-4-5-19(24)11-20/h4-6,9-11,18H,7-8,12-14H2,1-3H3,(H,27,29)(H2,25,26,30). The lowest BCUT2D eigenvalue weighted by Crippen LogP contribution is -2.42. The second-order valence-electron chi connectivity index (χ2n) is 7.97. The van der Waals surface area contributed by atoms with Crippen molar-refractivity contribution in [2.75, 3.05) is 36.4 Å². The van der Waals surface area contributed by atoms with Gasteiger partial charge in [0, 0.05) is 35.5 Å². The van der Waals surface area contributed by atoms with Crippen LogP contribution in [0.2, 0.25) is 0 Å². The summed E-state index contributed by atoms with van der Waals surface area (Å²) in [5.74, 6) is 0.156. The molecule has 30 heavy (non-hydrogen) atoms. The summed E-state index contributed by atoms with van der Waals surface area (Å²) in [5.41, 5.74) is 5.19. The minimum absolute atomic E-state index is 0.0621. The van der Waals surface area contributed by atoms with Crippen LogP contribution in [-0.2, 0) is 4.79 Å². The number of anilines is 2. The fourth-order valence-corrected chi connectivity index (χ4v) is 4.31. The van der Waals surface area contributed by atoms with E-state index in [4.69, 9.17) is 0 Å². The molecular weight excluding hydrogens is 444 g/mol. The number of benzene rings is 2. The summed E-state index contributed by atoms with van der Waals surface area (Å²) < 4.78 is 1.07. The number of hydrogen-bond acceptors (Lipinski definition) is 3. The number of halogens is 1. The second kappa shape index (κ2) is 9.98. The Hall–Kier alpha value is -2.54. The fraction of sp³-hybridized carbons (Fsp3) is 0.391. The molecule has 1 aliphatic heterocycles. The number of amides is 3. The average Bonchev–Trinajstić information content (AvgIpc) is 3.16. The quantitative estimate of drug-likeness (QED) is 0.591. The maximum atomic E-state index is 12.2. The van der Waals surface area contributed by atoms with Gasteiger partial charge in [0.1, 0.15) is 0 Å². The first-order chi connectivity index (χ1) is 14.3. The van der Waals surface area contributed by atoms with E-state index in [0.29, 0.717) is 12.5 Å². The van der Waals surface area contributed by atoms with E-state index in [2.05, 4.69) is 48.9 Å². The molecule has 0 aliphatic carbocycles. The molecule has 1 unspecified atom stereocenters. The molecule has 3 amide bonds. The van der Waals surface area contributed by atoms with Gasteiger partial charge < -0.3 is 20.9 Å². The summed E-state index contributed by atoms with van der Waals surface area (Å²) in [6.07, 6.45) is 1.03. The monoisotopic (exact) mass is 472 g/mol. The Morgan fingerprint density at radius 2 is 1.83 bits per heavy atom. The zero-order valence-corrected chi connectivity index (χ0v) is 19.3. The number of carbonyl (C=O) groups is 2. The molecule has 1 atom stereocenters. The summed E-state index contributed by atoms with van der Waals surface area (Å²) in [4.78, 5) is 26.7. The zero-order chi connectivity index (χ0) is 21.7. The van der Waals surface area contributed by atoms with E-state index < -0.39 is 0 Å². The normalized spacial score (nSPS) is 15.7. The molecule has 0 bridgehead atoms. The van der Waals surface area contributed by atoms with Crippen LogP contribution in [0.15, 0.2) is 40.9 Å². The van der Waals surface area contributed by atoms with Crippen molar-refractivity contribution in [1.29, 1.82) is 0 Å². The molecule has 0 saturated carbocycles. The molecule has 0 radical (unpaired) electrons. The van der Waals surface area contributed by atoms with Gasteiger partial charge in [0.2, 0.25) is 5.91 Å². The minimum atomic E-state index is -0.316. The molecule has 2 aromatic carbocycles. The number of aryl methyl sites for hydroxylation is 3. The van der Waals surface area contributed by atoms with E-state index in [9.17, 15) is 9.59 Å². The van der Waals surface area contributed by atoms with E-state index in [-0.39, 0.29) is 18.5 Å². The van der Waals surface area contributed by atoms with E-state index in [1.165, 1.54) is 5.69 Å². The van der Waals surface area contributed by atoms with Gasteiger partial charge in [-0.3, -0.25) is 4.79 Å². The van der Waals surface area contributed by atoms with Crippen molar-refractivity contribution in [3.63, 3.8) is 0 Å². The van der Waals surface area contributed by atoms with Gasteiger partial charge >= 0.3 is 6.03 Å². The second-order valence-corrected chi connectivity index (χ2v) is 8.88. The summed E-state index contributed by atoms with van der Waals surface area (Å²) in [7, 11) is 0. The molecule has 7 heteroatoms. The lowest BCUT2D eigenvalue weighted by atomic mass is 10.1. The predicted octanol–water partition coefficient (Wildman–Crippen LogP) is 4.14. The molecular formula is C23H29BrN4O2. The van der Waals surface area contributed by atoms with Gasteiger partial charge in [-0.1, -0.05) is 39.7 Å². The van der Waals surface area contributed by atoms with Crippen LogP contribution in [0.1, 0.15) is 23.1 Å². The fourth-order valence-electron chi connectivity index (χ4n) is 3.93. The minimum Gasteiger partial charge on any atom is -0.371 e. The van der Waals surface area contributed by atoms with Crippen LogP contribution in [0.3, 0.4) is 0 Å². The van der Waals surface area contributed by atoms with Crippen molar-refractivity contribution in [3.8, 4) is 0 Å². The van der Waals surface area contributed by atoms with E-state index >= 15 is 0 Å². The highest BCUT2D eigenvalue weighted by Gasteiger charge is 2.23. The van der Waals surface area contributed by atoms with Crippen LogP contribution in [0.4, 0.5) is 16.2 Å². The van der Waals surface area contributed by atoms with Crippen molar-refractivity contribution in [2.45, 2.75) is 27.2 Å². The topological polar surface area (TPSA) is 73.5 Å². The number of nitrogens with one attached hydrogen (secondary N) is 3. The Balaban J connectivity index is 1.40. The molecule has 3 N–H and O–H groups in total. The Morgan fingerprint density at radius 3 is 2.53 bits per heavy atom. The first-order valence-corrected chi connectivity index (χ1v) is 11.0. The van der Waals surface area contributed by atoms with Gasteiger partial charge in [-0.25, -0.2) is 4.79 Å². The van der Waals surface area contributed by atoms with Crippen LogP contribution in [0.25, 0.3) is 0 Å². The molecule has 160 valence electrons. The highest BCUT2D eigenvalue weighted by atomic mass is 79.9. The Bertz CT molecular complexity index is 908. The number of carbonyl (C=O) groups excluding carboxylic acids is 2. The van der Waals surface area contributed by atoms with Crippen LogP contribution in [0.5, 0.6) is 0 Å². The van der Waals surface area contributed by atoms with Crippen molar-refractivity contribution in [1.82, 2.24) is 10.6 Å². The highest BCUT2D eigenvalue weighted by Crippen LogP contribution is 2.26. The van der Waals surface area contributed by atoms with Gasteiger partial charge in [-0.15, -0.1) is 0 Å². The molecule has 6 nitrogen and oxygen atoms in total. The predicted molar refractivity (Wildman–Crippen MR) is 125 cm³/mol. The van der Waals surface area contributed by atoms with Crippen LogP contribution >= 0.6 is 15.9 Å². The first-order valence-electron chi connectivity index (χ1n) is 10.2. The smallest absolute Gasteiger partial charge is 0.315 e. The summed E-state index contributed by atoms with van der Waals surface area (Å²) >= 11 is 3.51. The molecule has 0 aromatic heterocycles. The van der Waals surface area contributed by atoms with Gasteiger partial charge in [0.15, 0.2) is 0 Å². The SMILES string of the molecule is Cc1cc(C)c(NC(=O)CNC(=O)NCC2CCN(c3cccc(Br)c3)C2)c(C)c1. The molecule has 2 aromatic rings. The van der Waals surface area contributed by atoms with Crippen LogP contribution in [-0.4, -0.2) is 38.1 Å². The summed E-state index contributed by atoms with van der Waals surface area (Å²) in [5, 5.41) is 8.43. The molecule has 3 rings (SSSR count). The Labute approximate surface area is 186 Å². The number of urea groups is 1. The summed E-state index contributed by atoms with van der Waals surface area (Å²) in [6.45, 7) is 8.37. The first kappa shape index (κ1) is 22.2. The molecule has 1 aliphatic rings. The third-order valence-electron chi connectivity index (χ3n) is 5.36. The largest absolute Gasteiger partial charge is 0.371 e. The maximum Gasteiger partial charge on any atom is 0.315 e. The number of rotatable bonds is 6. The summed E-state index contributed by atoms with van der Waals surface area (Å²) in [6, 6.07) is 12.0. The van der Waals surface area contributed by atoms with Gasteiger partial charge in [-0.05, 0) is 62.4 Å². The average molecular weight is 473 g/mol. The van der Waals surface area contributed by atoms with E-state index in [1.807, 2.05) is 45.0 Å². The number of nitrogens with zero attached hydrogens (tertiary/aromatic N) is 1. The third kappa shape index (κ3) is 5.98. The molecule has 1 fully saturated rings. The van der Waals surface area contributed by atoms with Gasteiger partial charge in [0.25, 0.3) is 0 Å². The lowest BCUT2D eigenvalue weighted by molar-refractivity contribution is -0.115. The van der Waals surface area contributed by atoms with Crippen molar-refractivity contribution >= 4 is 39.2 Å². The lowest BCUT2D eigenvalue weighted by Gasteiger charge is -2.19. The van der Waals surface area contributed by atoms with E-state index in [1.54, 1.807) is 0 Å². The third-order valence-corrected chi connectivity index (χ3v) is 5.85. The van der Waals surface area contributed by atoms with Gasteiger partial charge in [0.05, 0.1) is 6.54 Å². The molecule has 0 spiro atoms. The van der Waals surface area contributed by atoms with Crippen molar-refractivity contribution in [2.24, 2.45) is 5.92 Å². The Kier molecular flexibility index (Phi) is 7.37. The van der Waals surface area contributed by atoms with Crippen LogP contribution < -0.4 is 20.9 Å². The highest BCUT2D eigenvalue weighted by molar-refractivity contribution is 9.10. The van der Waals surface area contributed by atoms with Crippen LogP contribution in [0, 0.1) is 26.7 Å². The van der Waals surface area contributed by atoms with Crippen molar-refractivity contribution in [3.05, 3.63) is 57.6 Å². The maximum absolute atomic E-state index is 12.2. The molecule has 1 saturated heterocycles. The van der Waals surface area contributed by atoms with E-state index in [0.717, 1.165) is 46.4 Å².